The second-order valence-corrected chi connectivity index (χ2v) is 7.42. The first-order chi connectivity index (χ1) is 9.38. The van der Waals surface area contributed by atoms with Crippen LogP contribution in [0.15, 0.2) is 57.9 Å². The molecular weight excluding hydrogens is 362 g/mol. The maximum Gasteiger partial charge on any atom is 0.241 e. The molecule has 6 heteroatoms. The predicted molar refractivity (Wildman–Crippen MR) is 84.3 cm³/mol. The maximum absolute atomic E-state index is 12.3. The third kappa shape index (κ3) is 3.82. The molecule has 20 heavy (non-hydrogen) atoms. The number of halogens is 2. The predicted octanol–water partition coefficient (Wildman–Crippen LogP) is 4.14. The highest BCUT2D eigenvalue weighted by Crippen LogP contribution is 2.21. The summed E-state index contributed by atoms with van der Waals surface area (Å²) in [5, 5.41) is 0.581. The van der Waals surface area contributed by atoms with Crippen molar-refractivity contribution in [1.82, 2.24) is 4.72 Å². The van der Waals surface area contributed by atoms with Gasteiger partial charge >= 0.3 is 0 Å². The van der Waals surface area contributed by atoms with Crippen molar-refractivity contribution in [2.75, 3.05) is 0 Å². The summed E-state index contributed by atoms with van der Waals surface area (Å²) in [6, 6.07) is 13.3. The van der Waals surface area contributed by atoms with Crippen molar-refractivity contribution in [2.24, 2.45) is 0 Å². The molecule has 0 saturated heterocycles. The number of hydrogen-bond acceptors (Lipinski definition) is 2. The molecule has 1 N–H and O–H groups in total. The van der Waals surface area contributed by atoms with E-state index in [4.69, 9.17) is 11.6 Å². The minimum absolute atomic E-state index is 0.231. The number of nitrogens with one attached hydrogen (secondary N) is 1. The largest absolute Gasteiger partial charge is 0.241 e. The van der Waals surface area contributed by atoms with Gasteiger partial charge in [0.05, 0.1) is 4.90 Å². The van der Waals surface area contributed by atoms with Gasteiger partial charge in [-0.05, 0) is 48.9 Å². The Kier molecular flexibility index (Phi) is 4.86. The van der Waals surface area contributed by atoms with Crippen molar-refractivity contribution in [3.8, 4) is 0 Å². The molecule has 0 aliphatic rings. The summed E-state index contributed by atoms with van der Waals surface area (Å²) >= 11 is 9.19. The molecule has 0 aliphatic carbocycles. The molecule has 0 fully saturated rings. The Hall–Kier alpha value is -0.880. The highest BCUT2D eigenvalue weighted by atomic mass is 79.9. The standard InChI is InChI=1S/C14H13BrClNO2S/c1-10(11-3-2-4-13(16)9-11)17-20(18,19)14-7-5-12(15)6-8-14/h2-10,17H,1H3. The molecule has 0 radical (unpaired) electrons. The molecule has 3 nitrogen and oxygen atoms in total. The van der Waals surface area contributed by atoms with E-state index in [9.17, 15) is 8.42 Å². The second kappa shape index (κ2) is 6.26. The van der Waals surface area contributed by atoms with Gasteiger partial charge in [-0.25, -0.2) is 13.1 Å². The van der Waals surface area contributed by atoms with Gasteiger partial charge in [-0.1, -0.05) is 39.7 Å². The third-order valence-electron chi connectivity index (χ3n) is 2.80. The number of sulfonamides is 1. The van der Waals surface area contributed by atoms with Gasteiger partial charge in [0.15, 0.2) is 0 Å². The summed E-state index contributed by atoms with van der Waals surface area (Å²) in [6.07, 6.45) is 0. The van der Waals surface area contributed by atoms with Crippen molar-refractivity contribution in [1.29, 1.82) is 0 Å². The monoisotopic (exact) mass is 373 g/mol. The summed E-state index contributed by atoms with van der Waals surface area (Å²) in [5.74, 6) is 0. The summed E-state index contributed by atoms with van der Waals surface area (Å²) in [6.45, 7) is 1.78. The molecule has 0 saturated carbocycles. The molecule has 0 heterocycles. The van der Waals surface area contributed by atoms with Crippen LogP contribution in [0.25, 0.3) is 0 Å². The van der Waals surface area contributed by atoms with E-state index in [1.54, 1.807) is 49.4 Å². The van der Waals surface area contributed by atoms with Crippen molar-refractivity contribution in [2.45, 2.75) is 17.9 Å². The number of benzene rings is 2. The van der Waals surface area contributed by atoms with Crippen LogP contribution in [0.4, 0.5) is 0 Å². The van der Waals surface area contributed by atoms with Crippen LogP contribution in [0.5, 0.6) is 0 Å². The molecule has 106 valence electrons. The molecule has 0 bridgehead atoms. The quantitative estimate of drug-likeness (QED) is 0.874. The zero-order chi connectivity index (χ0) is 14.8. The topological polar surface area (TPSA) is 46.2 Å². The lowest BCUT2D eigenvalue weighted by atomic mass is 10.1. The molecule has 2 rings (SSSR count). The smallest absolute Gasteiger partial charge is 0.207 e. The van der Waals surface area contributed by atoms with E-state index in [0.29, 0.717) is 5.02 Å². The first-order valence-corrected chi connectivity index (χ1v) is 8.57. The summed E-state index contributed by atoms with van der Waals surface area (Å²) in [5.41, 5.74) is 0.818. The van der Waals surface area contributed by atoms with Crippen LogP contribution in [-0.2, 0) is 10.0 Å². The van der Waals surface area contributed by atoms with Crippen molar-refractivity contribution in [3.05, 3.63) is 63.6 Å². The summed E-state index contributed by atoms with van der Waals surface area (Å²) < 4.78 is 28.0. The van der Waals surface area contributed by atoms with Gasteiger partial charge in [-0.3, -0.25) is 0 Å². The molecule has 0 aliphatic heterocycles. The van der Waals surface area contributed by atoms with E-state index in [0.717, 1.165) is 10.0 Å². The Bertz CT molecular complexity index is 701. The highest BCUT2D eigenvalue weighted by molar-refractivity contribution is 9.10. The van der Waals surface area contributed by atoms with Crippen LogP contribution >= 0.6 is 27.5 Å². The minimum Gasteiger partial charge on any atom is -0.207 e. The SMILES string of the molecule is CC(NS(=O)(=O)c1ccc(Br)cc1)c1cccc(Cl)c1. The first-order valence-electron chi connectivity index (χ1n) is 5.92. The van der Waals surface area contributed by atoms with Gasteiger partial charge in [0.1, 0.15) is 0 Å². The van der Waals surface area contributed by atoms with Crippen LogP contribution in [0.3, 0.4) is 0 Å². The first kappa shape index (κ1) is 15.5. The van der Waals surface area contributed by atoms with Crippen molar-refractivity contribution >= 4 is 37.6 Å². The van der Waals surface area contributed by atoms with E-state index in [1.165, 1.54) is 0 Å². The number of rotatable bonds is 4. The van der Waals surface area contributed by atoms with E-state index in [1.807, 2.05) is 6.07 Å². The van der Waals surface area contributed by atoms with Crippen LogP contribution in [0.2, 0.25) is 5.02 Å². The van der Waals surface area contributed by atoms with Crippen LogP contribution in [0, 0.1) is 0 Å². The Morgan fingerprint density at radius 3 is 2.40 bits per heavy atom. The highest BCUT2D eigenvalue weighted by Gasteiger charge is 2.18. The van der Waals surface area contributed by atoms with Gasteiger partial charge in [-0.2, -0.15) is 0 Å². The molecule has 0 aromatic heterocycles. The molecule has 0 amide bonds. The second-order valence-electron chi connectivity index (χ2n) is 4.35. The average Bonchev–Trinajstić information content (AvgIpc) is 2.38. The zero-order valence-corrected chi connectivity index (χ0v) is 13.8. The minimum atomic E-state index is -3.55. The van der Waals surface area contributed by atoms with E-state index >= 15 is 0 Å². The third-order valence-corrected chi connectivity index (χ3v) is 5.12. The van der Waals surface area contributed by atoms with E-state index in [2.05, 4.69) is 20.7 Å². The Labute approximate surface area is 132 Å². The van der Waals surface area contributed by atoms with Crippen LogP contribution in [0.1, 0.15) is 18.5 Å². The molecule has 2 aromatic rings. The van der Waals surface area contributed by atoms with Crippen molar-refractivity contribution in [3.63, 3.8) is 0 Å². The van der Waals surface area contributed by atoms with Gasteiger partial charge < -0.3 is 0 Å². The van der Waals surface area contributed by atoms with Gasteiger partial charge in [0.25, 0.3) is 0 Å². The fraction of sp³-hybridized carbons (Fsp3) is 0.143. The van der Waals surface area contributed by atoms with Crippen molar-refractivity contribution < 1.29 is 8.42 Å². The Balaban J connectivity index is 2.22. The Morgan fingerprint density at radius 1 is 1.15 bits per heavy atom. The average molecular weight is 375 g/mol. The summed E-state index contributed by atoms with van der Waals surface area (Å²) in [4.78, 5) is 0.231. The molecule has 2 aromatic carbocycles. The van der Waals surface area contributed by atoms with E-state index < -0.39 is 10.0 Å². The number of hydrogen-bond donors (Lipinski definition) is 1. The normalized spacial score (nSPS) is 13.2. The lowest BCUT2D eigenvalue weighted by Crippen LogP contribution is -2.26. The lowest BCUT2D eigenvalue weighted by molar-refractivity contribution is 0.567. The van der Waals surface area contributed by atoms with E-state index in [-0.39, 0.29) is 10.9 Å². The Morgan fingerprint density at radius 2 is 1.80 bits per heavy atom. The fourth-order valence-electron chi connectivity index (χ4n) is 1.76. The zero-order valence-electron chi connectivity index (χ0n) is 10.7. The maximum atomic E-state index is 12.3. The lowest BCUT2D eigenvalue weighted by Gasteiger charge is -2.15. The van der Waals surface area contributed by atoms with Gasteiger partial charge in [0.2, 0.25) is 10.0 Å². The molecule has 1 atom stereocenters. The van der Waals surface area contributed by atoms with Gasteiger partial charge in [-0.15, -0.1) is 0 Å². The van der Waals surface area contributed by atoms with Crippen LogP contribution in [-0.4, -0.2) is 8.42 Å². The molecule has 1 unspecified atom stereocenters. The summed E-state index contributed by atoms with van der Waals surface area (Å²) in [7, 11) is -3.55. The molecule has 0 spiro atoms. The van der Waals surface area contributed by atoms with Crippen LogP contribution < -0.4 is 4.72 Å². The molecular formula is C14H13BrClNO2S. The van der Waals surface area contributed by atoms with Gasteiger partial charge in [0, 0.05) is 15.5 Å². The fourth-order valence-corrected chi connectivity index (χ4v) is 3.45.